The Morgan fingerprint density at radius 3 is 1.96 bits per heavy atom. The third-order valence-electron chi connectivity index (χ3n) is 9.19. The highest BCUT2D eigenvalue weighted by Crippen LogP contribution is 2.50. The Morgan fingerprint density at radius 1 is 0.729 bits per heavy atom. The lowest BCUT2D eigenvalue weighted by Gasteiger charge is -2.25. The van der Waals surface area contributed by atoms with E-state index in [2.05, 4.69) is 5.32 Å². The van der Waals surface area contributed by atoms with Crippen molar-refractivity contribution >= 4 is 54.2 Å². The fourth-order valence-corrected chi connectivity index (χ4v) is 10.4. The van der Waals surface area contributed by atoms with Crippen LogP contribution in [0, 0.1) is 30.3 Å². The van der Waals surface area contributed by atoms with Crippen LogP contribution in [0.15, 0.2) is 42.5 Å². The standard InChI is InChI=1S/C11H12N2O4S.C10H10N2O4S.C9H10N2O2/c1-7-10-9(13(14)15)5-4-8-3-2-6-12(11(8)10)18(7,16)17;13-12(14)9-4-3-7-2-1-5-11-10(7)8(9)6-17(11,15)16;12-11(13)8-4-3-7-2-1-5-10-9(7)6-8/h4-5,7H,2-3,6H2,1H3;3-4H,1-2,5-6H2;3-4,6,10H,1-2,5H2. The molecule has 0 saturated heterocycles. The predicted molar refractivity (Wildman–Crippen MR) is 177 cm³/mol. The number of rotatable bonds is 3. The average molecular weight is 701 g/mol. The number of nitro groups is 3. The Hall–Kier alpha value is -4.84. The molecule has 0 fully saturated rings. The van der Waals surface area contributed by atoms with Gasteiger partial charge in [-0.3, -0.25) is 39.0 Å². The van der Waals surface area contributed by atoms with E-state index in [1.807, 2.05) is 6.07 Å². The fraction of sp³-hybridized carbons (Fsp3) is 0.400. The summed E-state index contributed by atoms with van der Waals surface area (Å²) in [5.41, 5.74) is 5.71. The highest BCUT2D eigenvalue weighted by atomic mass is 32.2. The Labute approximate surface area is 275 Å². The molecule has 48 heavy (non-hydrogen) atoms. The topological polar surface area (TPSA) is 216 Å². The second kappa shape index (κ2) is 12.3. The van der Waals surface area contributed by atoms with Crippen LogP contribution in [0.3, 0.4) is 0 Å². The molecule has 0 spiro atoms. The van der Waals surface area contributed by atoms with Crippen LogP contribution in [0.2, 0.25) is 0 Å². The molecule has 1 N–H and O–H groups in total. The SMILES string of the molecule is CC1c2c([N+](=O)[O-])ccc3c2N(CCC3)S1(=O)=O.O=[N+]([O-])c1ccc2c(c1)NCCC2.O=[N+]([O-])c1ccc2c3c1CS(=O)(=O)N3CCC2. The zero-order valence-electron chi connectivity index (χ0n) is 25.8. The number of sulfonamides is 2. The number of aryl methyl sites for hydroxylation is 3. The summed E-state index contributed by atoms with van der Waals surface area (Å²) < 4.78 is 51.0. The van der Waals surface area contributed by atoms with Gasteiger partial charge in [0.1, 0.15) is 11.0 Å². The van der Waals surface area contributed by atoms with Gasteiger partial charge in [0, 0.05) is 49.6 Å². The molecule has 5 aliphatic rings. The van der Waals surface area contributed by atoms with E-state index in [0.29, 0.717) is 35.6 Å². The summed E-state index contributed by atoms with van der Waals surface area (Å²) in [6.45, 7) is 3.29. The summed E-state index contributed by atoms with van der Waals surface area (Å²) in [5, 5.41) is 34.7. The monoisotopic (exact) mass is 700 g/mol. The molecule has 3 aromatic carbocycles. The lowest BCUT2D eigenvalue weighted by Crippen LogP contribution is -2.32. The van der Waals surface area contributed by atoms with Crippen molar-refractivity contribution in [2.24, 2.45) is 0 Å². The Balaban J connectivity index is 0.000000127. The van der Waals surface area contributed by atoms with Crippen LogP contribution in [0.5, 0.6) is 0 Å². The molecule has 1 unspecified atom stereocenters. The minimum atomic E-state index is -3.47. The van der Waals surface area contributed by atoms with Gasteiger partial charge in [-0.25, -0.2) is 16.8 Å². The zero-order chi connectivity index (χ0) is 34.5. The molecule has 0 bridgehead atoms. The lowest BCUT2D eigenvalue weighted by atomic mass is 9.97. The summed E-state index contributed by atoms with van der Waals surface area (Å²) in [4.78, 5) is 31.0. The minimum absolute atomic E-state index is 0.0864. The first-order valence-corrected chi connectivity index (χ1v) is 18.5. The van der Waals surface area contributed by atoms with Gasteiger partial charge >= 0.3 is 0 Å². The molecule has 0 aliphatic carbocycles. The van der Waals surface area contributed by atoms with E-state index in [0.717, 1.165) is 61.9 Å². The van der Waals surface area contributed by atoms with Crippen LogP contribution in [0.25, 0.3) is 0 Å². The molecule has 3 aromatic rings. The fourth-order valence-electron chi connectivity index (χ4n) is 6.94. The first-order valence-electron chi connectivity index (χ1n) is 15.3. The summed E-state index contributed by atoms with van der Waals surface area (Å²) in [6.07, 6.45) is 5.20. The van der Waals surface area contributed by atoms with E-state index in [1.165, 1.54) is 33.2 Å². The number of non-ortho nitro benzene ring substituents is 1. The maximum absolute atomic E-state index is 12.2. The van der Waals surface area contributed by atoms with Gasteiger partial charge in [-0.05, 0) is 62.1 Å². The van der Waals surface area contributed by atoms with Crippen LogP contribution in [-0.2, 0) is 45.1 Å². The maximum atomic E-state index is 12.2. The van der Waals surface area contributed by atoms with Crippen molar-refractivity contribution in [2.45, 2.75) is 56.5 Å². The van der Waals surface area contributed by atoms with Crippen LogP contribution in [0.1, 0.15) is 59.3 Å². The van der Waals surface area contributed by atoms with Gasteiger partial charge in [0.2, 0.25) is 20.0 Å². The van der Waals surface area contributed by atoms with Crippen LogP contribution >= 0.6 is 0 Å². The van der Waals surface area contributed by atoms with Gasteiger partial charge in [-0.15, -0.1) is 0 Å². The van der Waals surface area contributed by atoms with Gasteiger partial charge in [-0.2, -0.15) is 0 Å². The largest absolute Gasteiger partial charge is 0.385 e. The minimum Gasteiger partial charge on any atom is -0.385 e. The van der Waals surface area contributed by atoms with Crippen molar-refractivity contribution in [2.75, 3.05) is 33.6 Å². The molecule has 16 nitrogen and oxygen atoms in total. The molecule has 8 rings (SSSR count). The highest BCUT2D eigenvalue weighted by molar-refractivity contribution is 7.93. The third-order valence-corrected chi connectivity index (χ3v) is 13.0. The Morgan fingerprint density at radius 2 is 1.31 bits per heavy atom. The third kappa shape index (κ3) is 5.67. The average Bonchev–Trinajstić information content (AvgIpc) is 3.45. The smallest absolute Gasteiger partial charge is 0.276 e. The van der Waals surface area contributed by atoms with Crippen molar-refractivity contribution in [3.63, 3.8) is 0 Å². The number of nitrogens with one attached hydrogen (secondary N) is 1. The summed E-state index contributed by atoms with van der Waals surface area (Å²) >= 11 is 0. The van der Waals surface area contributed by atoms with Gasteiger partial charge in [-0.1, -0.05) is 18.2 Å². The molecule has 0 saturated carbocycles. The number of benzene rings is 3. The van der Waals surface area contributed by atoms with E-state index in [4.69, 9.17) is 0 Å². The van der Waals surface area contributed by atoms with Crippen molar-refractivity contribution in [3.05, 3.63) is 101 Å². The molecule has 0 amide bonds. The molecule has 0 aromatic heterocycles. The molecule has 1 atom stereocenters. The van der Waals surface area contributed by atoms with Crippen molar-refractivity contribution in [1.82, 2.24) is 0 Å². The van der Waals surface area contributed by atoms with Gasteiger partial charge in [0.15, 0.2) is 0 Å². The van der Waals surface area contributed by atoms with Crippen molar-refractivity contribution < 1.29 is 31.6 Å². The van der Waals surface area contributed by atoms with Crippen LogP contribution < -0.4 is 13.9 Å². The normalized spacial score (nSPS) is 20.0. The lowest BCUT2D eigenvalue weighted by molar-refractivity contribution is -0.385. The quantitative estimate of drug-likeness (QED) is 0.286. The van der Waals surface area contributed by atoms with Gasteiger partial charge in [0.25, 0.3) is 17.1 Å². The molecule has 18 heteroatoms. The number of hydrogen-bond acceptors (Lipinski definition) is 11. The molecule has 5 aliphatic heterocycles. The second-order valence-electron chi connectivity index (χ2n) is 12.0. The van der Waals surface area contributed by atoms with Crippen molar-refractivity contribution in [1.29, 1.82) is 0 Å². The highest BCUT2D eigenvalue weighted by Gasteiger charge is 2.47. The number of hydrogen-bond donors (Lipinski definition) is 1. The summed E-state index contributed by atoms with van der Waals surface area (Å²) in [6, 6.07) is 11.2. The maximum Gasteiger partial charge on any atom is 0.276 e. The van der Waals surface area contributed by atoms with Gasteiger partial charge < -0.3 is 5.32 Å². The number of nitrogens with zero attached hydrogens (tertiary/aromatic N) is 5. The summed E-state index contributed by atoms with van der Waals surface area (Å²) in [7, 11) is -6.87. The predicted octanol–water partition coefficient (Wildman–Crippen LogP) is 4.90. The number of anilines is 3. The Kier molecular flexibility index (Phi) is 8.49. The van der Waals surface area contributed by atoms with E-state index in [-0.39, 0.29) is 27.7 Å². The number of fused-ring (bicyclic) bond motifs is 1. The second-order valence-corrected chi connectivity index (χ2v) is 16.1. The zero-order valence-corrected chi connectivity index (χ0v) is 27.5. The first-order chi connectivity index (χ1) is 22.7. The van der Waals surface area contributed by atoms with Crippen LogP contribution in [0.4, 0.5) is 34.1 Å². The van der Waals surface area contributed by atoms with E-state index >= 15 is 0 Å². The van der Waals surface area contributed by atoms with E-state index in [1.54, 1.807) is 24.3 Å². The van der Waals surface area contributed by atoms with Crippen molar-refractivity contribution in [3.8, 4) is 0 Å². The molecule has 5 heterocycles. The van der Waals surface area contributed by atoms with Crippen LogP contribution in [-0.4, -0.2) is 51.2 Å². The van der Waals surface area contributed by atoms with Gasteiger partial charge in [0.05, 0.1) is 37.3 Å². The Bertz CT molecular complexity index is 2090. The molecule has 254 valence electrons. The summed E-state index contributed by atoms with van der Waals surface area (Å²) in [5.74, 6) is -0.244. The van der Waals surface area contributed by atoms with E-state index in [9.17, 15) is 47.2 Å². The first kappa shape index (κ1) is 33.1. The molecular weight excluding hydrogens is 668 g/mol. The number of nitro benzene ring substituents is 3. The molecular formula is C30H32N6O10S2. The van der Waals surface area contributed by atoms with E-state index < -0.39 is 35.1 Å². The molecule has 0 radical (unpaired) electrons.